The zero-order chi connectivity index (χ0) is 13.1. The lowest BCUT2D eigenvalue weighted by atomic mass is 10.0. The molecule has 1 unspecified atom stereocenters. The minimum Gasteiger partial charge on any atom is -0.396 e. The summed E-state index contributed by atoms with van der Waals surface area (Å²) in [5, 5.41) is 13.4. The van der Waals surface area contributed by atoms with Crippen LogP contribution in [0.1, 0.15) is 16.6 Å². The van der Waals surface area contributed by atoms with Gasteiger partial charge in [-0.15, -0.1) is 11.3 Å². The summed E-state index contributed by atoms with van der Waals surface area (Å²) < 4.78 is 0. The highest BCUT2D eigenvalue weighted by Crippen LogP contribution is 2.16. The van der Waals surface area contributed by atoms with E-state index in [4.69, 9.17) is 5.11 Å². The zero-order valence-electron chi connectivity index (χ0n) is 10.1. The third-order valence-corrected chi connectivity index (χ3v) is 3.86. The summed E-state index contributed by atoms with van der Waals surface area (Å²) in [6.45, 7) is 2.95. The van der Waals surface area contributed by atoms with E-state index in [9.17, 15) is 9.59 Å². The van der Waals surface area contributed by atoms with Crippen LogP contribution in [0.3, 0.4) is 0 Å². The van der Waals surface area contributed by atoms with E-state index >= 15 is 0 Å². The Labute approximate surface area is 109 Å². The lowest BCUT2D eigenvalue weighted by Crippen LogP contribution is -2.57. The van der Waals surface area contributed by atoms with Gasteiger partial charge >= 0.3 is 0 Å². The zero-order valence-corrected chi connectivity index (χ0v) is 10.9. The van der Waals surface area contributed by atoms with Crippen LogP contribution in [-0.4, -0.2) is 47.6 Å². The van der Waals surface area contributed by atoms with Crippen LogP contribution in [-0.2, 0) is 4.79 Å². The first-order valence-electron chi connectivity index (χ1n) is 5.86. The summed E-state index contributed by atoms with van der Waals surface area (Å²) in [5.74, 6) is -0.121. The van der Waals surface area contributed by atoms with Gasteiger partial charge in [0.05, 0.1) is 4.88 Å². The third-order valence-electron chi connectivity index (χ3n) is 2.99. The monoisotopic (exact) mass is 268 g/mol. The molecule has 0 spiro atoms. The van der Waals surface area contributed by atoms with Gasteiger partial charge in [-0.1, -0.05) is 6.07 Å². The molecule has 1 saturated heterocycles. The average molecular weight is 268 g/mol. The molecule has 5 nitrogen and oxygen atoms in total. The van der Waals surface area contributed by atoms with Gasteiger partial charge in [-0.05, 0) is 18.4 Å². The molecular formula is C12H16N2O3S. The number of nitrogens with one attached hydrogen (secondary N) is 1. The Kier molecular flexibility index (Phi) is 3.98. The van der Waals surface area contributed by atoms with Gasteiger partial charge in [0.15, 0.2) is 0 Å². The molecule has 0 bridgehead atoms. The topological polar surface area (TPSA) is 69.6 Å². The fraction of sp³-hybridized carbons (Fsp3) is 0.500. The average Bonchev–Trinajstić information content (AvgIpc) is 2.80. The number of likely N-dealkylation sites (tertiary alicyclic amines) is 1. The van der Waals surface area contributed by atoms with Gasteiger partial charge in [-0.2, -0.15) is 0 Å². The fourth-order valence-electron chi connectivity index (χ4n) is 1.88. The van der Waals surface area contributed by atoms with E-state index < -0.39 is 6.04 Å². The molecule has 1 aliphatic rings. The standard InChI is InChI=1S/C12H16N2O3S/c1-8(12(17)14-5-9(6-14)7-15)13-11(16)10-3-2-4-18-10/h2-4,8-9,15H,5-7H2,1H3,(H,13,16). The molecule has 2 amide bonds. The molecule has 98 valence electrons. The quantitative estimate of drug-likeness (QED) is 0.826. The van der Waals surface area contributed by atoms with Crippen LogP contribution in [0.25, 0.3) is 0 Å². The van der Waals surface area contributed by atoms with Crippen molar-refractivity contribution in [1.82, 2.24) is 10.2 Å². The molecule has 1 fully saturated rings. The number of nitrogens with zero attached hydrogens (tertiary/aromatic N) is 1. The predicted octanol–water partition coefficient (Wildman–Crippen LogP) is 0.317. The molecule has 2 rings (SSSR count). The second kappa shape index (κ2) is 5.49. The minimum atomic E-state index is -0.528. The first kappa shape index (κ1) is 13.0. The number of amides is 2. The molecule has 18 heavy (non-hydrogen) atoms. The van der Waals surface area contributed by atoms with Crippen molar-refractivity contribution in [2.45, 2.75) is 13.0 Å². The number of hydrogen-bond donors (Lipinski definition) is 2. The highest BCUT2D eigenvalue weighted by atomic mass is 32.1. The Morgan fingerprint density at radius 2 is 2.33 bits per heavy atom. The molecule has 0 saturated carbocycles. The third kappa shape index (κ3) is 2.70. The molecule has 2 heterocycles. The first-order valence-corrected chi connectivity index (χ1v) is 6.73. The van der Waals surface area contributed by atoms with Crippen LogP contribution >= 0.6 is 11.3 Å². The molecule has 2 N–H and O–H groups in total. The van der Waals surface area contributed by atoms with Crippen LogP contribution in [0.2, 0.25) is 0 Å². The van der Waals surface area contributed by atoms with Gasteiger partial charge in [-0.25, -0.2) is 0 Å². The molecule has 0 radical (unpaired) electrons. The Balaban J connectivity index is 1.83. The Bertz CT molecular complexity index is 427. The van der Waals surface area contributed by atoms with E-state index in [1.54, 1.807) is 24.0 Å². The van der Waals surface area contributed by atoms with Crippen LogP contribution in [0.4, 0.5) is 0 Å². The molecule has 1 aliphatic heterocycles. The summed E-state index contributed by atoms with van der Waals surface area (Å²) in [6.07, 6.45) is 0. The van der Waals surface area contributed by atoms with Gasteiger partial charge in [0.1, 0.15) is 6.04 Å². The largest absolute Gasteiger partial charge is 0.396 e. The Hall–Kier alpha value is -1.40. The number of aliphatic hydroxyl groups is 1. The van der Waals surface area contributed by atoms with Crippen molar-refractivity contribution in [2.24, 2.45) is 5.92 Å². The van der Waals surface area contributed by atoms with E-state index in [0.717, 1.165) is 0 Å². The summed E-state index contributed by atoms with van der Waals surface area (Å²) in [7, 11) is 0. The lowest BCUT2D eigenvalue weighted by molar-refractivity contribution is -0.140. The van der Waals surface area contributed by atoms with Gasteiger partial charge in [0.2, 0.25) is 5.91 Å². The van der Waals surface area contributed by atoms with Gasteiger partial charge < -0.3 is 15.3 Å². The van der Waals surface area contributed by atoms with E-state index in [-0.39, 0.29) is 24.3 Å². The van der Waals surface area contributed by atoms with Crippen molar-refractivity contribution >= 4 is 23.2 Å². The fourth-order valence-corrected chi connectivity index (χ4v) is 2.50. The van der Waals surface area contributed by atoms with E-state index in [0.29, 0.717) is 18.0 Å². The molecule has 0 aliphatic carbocycles. The van der Waals surface area contributed by atoms with Crippen molar-refractivity contribution < 1.29 is 14.7 Å². The molecule has 1 aromatic rings. The number of aliphatic hydroxyl groups excluding tert-OH is 1. The number of thiophene rings is 1. The highest BCUT2D eigenvalue weighted by molar-refractivity contribution is 7.12. The van der Waals surface area contributed by atoms with Crippen molar-refractivity contribution in [3.8, 4) is 0 Å². The number of carbonyl (C=O) groups is 2. The van der Waals surface area contributed by atoms with Crippen LogP contribution in [0, 0.1) is 5.92 Å². The van der Waals surface area contributed by atoms with E-state index in [2.05, 4.69) is 5.32 Å². The highest BCUT2D eigenvalue weighted by Gasteiger charge is 2.32. The van der Waals surface area contributed by atoms with Crippen molar-refractivity contribution in [3.05, 3.63) is 22.4 Å². The van der Waals surface area contributed by atoms with Gasteiger partial charge in [-0.3, -0.25) is 9.59 Å². The molecule has 1 aromatic heterocycles. The van der Waals surface area contributed by atoms with Gasteiger partial charge in [0.25, 0.3) is 5.91 Å². The van der Waals surface area contributed by atoms with E-state index in [1.165, 1.54) is 11.3 Å². The van der Waals surface area contributed by atoms with Crippen molar-refractivity contribution in [1.29, 1.82) is 0 Å². The Morgan fingerprint density at radius 1 is 1.61 bits per heavy atom. The maximum atomic E-state index is 11.9. The molecule has 1 atom stereocenters. The lowest BCUT2D eigenvalue weighted by Gasteiger charge is -2.39. The predicted molar refractivity (Wildman–Crippen MR) is 68.4 cm³/mol. The van der Waals surface area contributed by atoms with E-state index in [1.807, 2.05) is 5.38 Å². The number of rotatable bonds is 4. The van der Waals surface area contributed by atoms with Crippen LogP contribution < -0.4 is 5.32 Å². The summed E-state index contributed by atoms with van der Waals surface area (Å²) in [4.78, 5) is 25.9. The normalized spacial score (nSPS) is 17.1. The maximum absolute atomic E-state index is 11.9. The second-order valence-corrected chi connectivity index (χ2v) is 5.41. The maximum Gasteiger partial charge on any atom is 0.261 e. The van der Waals surface area contributed by atoms with Crippen molar-refractivity contribution in [2.75, 3.05) is 19.7 Å². The second-order valence-electron chi connectivity index (χ2n) is 4.46. The Morgan fingerprint density at radius 3 is 2.89 bits per heavy atom. The summed E-state index contributed by atoms with van der Waals surface area (Å²) in [6, 6.07) is 3.00. The number of carbonyl (C=O) groups excluding carboxylic acids is 2. The SMILES string of the molecule is CC(NC(=O)c1cccs1)C(=O)N1CC(CO)C1. The van der Waals surface area contributed by atoms with Crippen LogP contribution in [0.15, 0.2) is 17.5 Å². The molecule has 0 aromatic carbocycles. The summed E-state index contributed by atoms with van der Waals surface area (Å²) >= 11 is 1.35. The molecule has 6 heteroatoms. The first-order chi connectivity index (χ1) is 8.61. The van der Waals surface area contributed by atoms with Crippen molar-refractivity contribution in [3.63, 3.8) is 0 Å². The minimum absolute atomic E-state index is 0.0930. The molecular weight excluding hydrogens is 252 g/mol. The summed E-state index contributed by atoms with van der Waals surface area (Å²) in [5.41, 5.74) is 0. The number of hydrogen-bond acceptors (Lipinski definition) is 4. The van der Waals surface area contributed by atoms with Gasteiger partial charge in [0, 0.05) is 25.6 Å². The smallest absolute Gasteiger partial charge is 0.261 e. The van der Waals surface area contributed by atoms with Crippen LogP contribution in [0.5, 0.6) is 0 Å².